The molecular weight excluding hydrogens is 588 g/mol. The number of halogens is 3. The largest absolute Gasteiger partial charge is 0.385 e. The van der Waals surface area contributed by atoms with Crippen molar-refractivity contribution in [2.45, 2.75) is 31.7 Å². The summed E-state index contributed by atoms with van der Waals surface area (Å²) in [7, 11) is 1.62. The van der Waals surface area contributed by atoms with Gasteiger partial charge in [-0.1, -0.05) is 23.7 Å². The fourth-order valence-corrected chi connectivity index (χ4v) is 4.95. The summed E-state index contributed by atoms with van der Waals surface area (Å²) >= 11 is 6.21. The van der Waals surface area contributed by atoms with E-state index in [4.69, 9.17) is 27.8 Å². The molecule has 0 saturated heterocycles. The Labute approximate surface area is 261 Å². The van der Waals surface area contributed by atoms with E-state index < -0.39 is 18.2 Å². The van der Waals surface area contributed by atoms with E-state index in [-0.39, 0.29) is 16.9 Å². The van der Waals surface area contributed by atoms with Gasteiger partial charge >= 0.3 is 5.69 Å². The van der Waals surface area contributed by atoms with Gasteiger partial charge in [-0.2, -0.15) is 4.98 Å². The van der Waals surface area contributed by atoms with Gasteiger partial charge in [0, 0.05) is 30.8 Å². The van der Waals surface area contributed by atoms with Gasteiger partial charge < -0.3 is 26.5 Å². The zero-order chi connectivity index (χ0) is 32.1. The maximum Gasteiger partial charge on any atom is 0.354 e. The number of fused-ring (bicyclic) bond motifs is 1. The number of nitrogens with two attached hydrogens (primary N) is 2. The number of methoxy groups -OCH3 is 1. The van der Waals surface area contributed by atoms with Crippen molar-refractivity contribution >= 4 is 28.5 Å². The topological polar surface area (TPSA) is 136 Å². The van der Waals surface area contributed by atoms with Gasteiger partial charge in [0.05, 0.1) is 29.1 Å². The summed E-state index contributed by atoms with van der Waals surface area (Å²) in [5.74, 6) is -0.537. The average Bonchev–Trinajstić information content (AvgIpc) is 3.45. The molecule has 2 heterocycles. The third-order valence-corrected chi connectivity index (χ3v) is 7.17. The molecule has 6 N–H and O–H groups in total. The molecule has 0 spiro atoms. The van der Waals surface area contributed by atoms with Crippen LogP contribution in [0.1, 0.15) is 36.4 Å². The number of amidine groups is 1. The number of aliphatic imine (C=N–C) groups is 1. The molecule has 4 rings (SSSR count). The zero-order valence-corrected chi connectivity index (χ0v) is 25.7. The third kappa shape index (κ3) is 9.06. The normalized spacial score (nSPS) is 12.2. The summed E-state index contributed by atoms with van der Waals surface area (Å²) in [5, 5.41) is 4.09. The molecule has 0 aliphatic carbocycles. The van der Waals surface area contributed by atoms with Gasteiger partial charge in [0.2, 0.25) is 0 Å². The minimum Gasteiger partial charge on any atom is -0.385 e. The van der Waals surface area contributed by atoms with Crippen molar-refractivity contribution in [3.05, 3.63) is 94.3 Å². The van der Waals surface area contributed by atoms with E-state index in [0.29, 0.717) is 60.6 Å². The highest BCUT2D eigenvalue weighted by Gasteiger charge is 2.16. The number of H-pyrrole nitrogens is 1. The van der Waals surface area contributed by atoms with Gasteiger partial charge in [-0.15, -0.1) is 13.2 Å². The van der Waals surface area contributed by atoms with Crippen LogP contribution in [0.2, 0.25) is 5.02 Å². The summed E-state index contributed by atoms with van der Waals surface area (Å²) in [5.41, 5.74) is 14.2. The lowest BCUT2D eigenvalue weighted by atomic mass is 10.0. The van der Waals surface area contributed by atoms with E-state index in [1.165, 1.54) is 4.57 Å². The third-order valence-electron chi connectivity index (χ3n) is 6.89. The number of aromatic amines is 1. The van der Waals surface area contributed by atoms with Crippen LogP contribution in [-0.4, -0.2) is 60.4 Å². The molecule has 4 aromatic rings. The Kier molecular flexibility index (Phi) is 13.7. The lowest BCUT2D eigenvalue weighted by Crippen LogP contribution is -2.27. The fourth-order valence-electron chi connectivity index (χ4n) is 4.71. The second-order valence-electron chi connectivity index (χ2n) is 9.98. The highest BCUT2D eigenvalue weighted by molar-refractivity contribution is 6.31. The van der Waals surface area contributed by atoms with E-state index in [2.05, 4.69) is 33.4 Å². The second kappa shape index (κ2) is 17.4. The van der Waals surface area contributed by atoms with Gasteiger partial charge in [0.25, 0.3) is 0 Å². The van der Waals surface area contributed by atoms with Gasteiger partial charge in [0.1, 0.15) is 18.2 Å². The molecule has 0 aliphatic heterocycles. The number of nitrogens with one attached hydrogen (secondary N) is 2. The lowest BCUT2D eigenvalue weighted by molar-refractivity contribution is 0.167. The number of hydrogen-bond donors (Lipinski definition) is 4. The van der Waals surface area contributed by atoms with Crippen molar-refractivity contribution < 1.29 is 13.5 Å². The molecule has 44 heavy (non-hydrogen) atoms. The summed E-state index contributed by atoms with van der Waals surface area (Å²) in [6.07, 6.45) is 4.84. The SMILES string of the molecule is C=C.COCC(NCCCN=C(N)CF)c1ccc(-n2cc3cc(-c4cc(CCCCN)cc(Cl)c4F)[nH]c3nc2=O)cc1. The Morgan fingerprint density at radius 3 is 2.64 bits per heavy atom. The summed E-state index contributed by atoms with van der Waals surface area (Å²) < 4.78 is 34.3. The van der Waals surface area contributed by atoms with E-state index in [9.17, 15) is 9.18 Å². The fraction of sp³-hybridized carbons (Fsp3) is 0.344. The first kappa shape index (κ1) is 34.6. The monoisotopic (exact) mass is 627 g/mol. The smallest absolute Gasteiger partial charge is 0.354 e. The van der Waals surface area contributed by atoms with Gasteiger partial charge in [-0.05, 0) is 80.2 Å². The molecule has 12 heteroatoms. The lowest BCUT2D eigenvalue weighted by Gasteiger charge is -2.19. The highest BCUT2D eigenvalue weighted by atomic mass is 35.5. The van der Waals surface area contributed by atoms with Gasteiger partial charge in [-0.25, -0.2) is 13.6 Å². The summed E-state index contributed by atoms with van der Waals surface area (Å²) in [6.45, 7) is 7.34. The number of unbranched alkanes of at least 4 members (excludes halogenated alkanes) is 1. The first-order chi connectivity index (χ1) is 21.3. The van der Waals surface area contributed by atoms with Crippen LogP contribution in [0, 0.1) is 5.82 Å². The molecule has 2 aromatic heterocycles. The van der Waals surface area contributed by atoms with Crippen LogP contribution in [-0.2, 0) is 11.2 Å². The highest BCUT2D eigenvalue weighted by Crippen LogP contribution is 2.31. The Morgan fingerprint density at radius 1 is 1.20 bits per heavy atom. The van der Waals surface area contributed by atoms with Crippen LogP contribution < -0.4 is 22.5 Å². The van der Waals surface area contributed by atoms with Crippen LogP contribution >= 0.6 is 11.6 Å². The van der Waals surface area contributed by atoms with Crippen molar-refractivity contribution in [3.63, 3.8) is 0 Å². The molecule has 0 amide bonds. The molecule has 0 aliphatic rings. The number of nitrogens with zero attached hydrogens (tertiary/aromatic N) is 3. The molecule has 1 atom stereocenters. The molecule has 236 valence electrons. The number of alkyl halides is 1. The van der Waals surface area contributed by atoms with Crippen LogP contribution in [0.4, 0.5) is 8.78 Å². The van der Waals surface area contributed by atoms with E-state index >= 15 is 4.39 Å². The number of ether oxygens (including phenoxy) is 1. The minimum absolute atomic E-state index is 0.00219. The Balaban J connectivity index is 0.00000259. The minimum atomic E-state index is -0.750. The summed E-state index contributed by atoms with van der Waals surface area (Å²) in [4.78, 5) is 24.2. The van der Waals surface area contributed by atoms with E-state index in [1.807, 2.05) is 24.3 Å². The van der Waals surface area contributed by atoms with Gasteiger partial charge in [-0.3, -0.25) is 9.56 Å². The van der Waals surface area contributed by atoms with Crippen LogP contribution in [0.3, 0.4) is 0 Å². The average molecular weight is 628 g/mol. The number of aromatic nitrogens is 3. The van der Waals surface area contributed by atoms with Crippen molar-refractivity contribution in [1.82, 2.24) is 19.9 Å². The number of benzene rings is 2. The van der Waals surface area contributed by atoms with Crippen LogP contribution in [0.5, 0.6) is 0 Å². The first-order valence-electron chi connectivity index (χ1n) is 14.3. The van der Waals surface area contributed by atoms with E-state index in [1.54, 1.807) is 31.5 Å². The molecule has 0 saturated carbocycles. The molecule has 9 nitrogen and oxygen atoms in total. The maximum atomic E-state index is 15.0. The quantitative estimate of drug-likeness (QED) is 0.0615. The van der Waals surface area contributed by atoms with E-state index in [0.717, 1.165) is 30.4 Å². The second-order valence-corrected chi connectivity index (χ2v) is 10.4. The predicted octanol–water partition coefficient (Wildman–Crippen LogP) is 5.25. The predicted molar refractivity (Wildman–Crippen MR) is 175 cm³/mol. The maximum absolute atomic E-state index is 15.0. The Morgan fingerprint density at radius 2 is 1.95 bits per heavy atom. The Bertz CT molecular complexity index is 1590. The molecule has 2 aromatic carbocycles. The van der Waals surface area contributed by atoms with Crippen molar-refractivity contribution in [2.75, 3.05) is 40.0 Å². The number of rotatable bonds is 15. The van der Waals surface area contributed by atoms with Crippen molar-refractivity contribution in [1.29, 1.82) is 0 Å². The first-order valence-corrected chi connectivity index (χ1v) is 14.7. The van der Waals surface area contributed by atoms with Crippen molar-refractivity contribution in [2.24, 2.45) is 16.5 Å². The molecule has 0 fully saturated rings. The summed E-state index contributed by atoms with van der Waals surface area (Å²) in [6, 6.07) is 12.6. The molecule has 0 bridgehead atoms. The molecular formula is C32H40ClF2N7O2. The van der Waals surface area contributed by atoms with Gasteiger partial charge in [0.15, 0.2) is 5.82 Å². The molecule has 0 radical (unpaired) electrons. The standard InChI is InChI=1S/C30H36ClF2N7O2.C2H4/c1-42-18-26(36-11-4-12-37-27(35)16-32)20-6-8-22(9-7-20)40-17-21-15-25(38-29(21)39-30(40)41)23-13-19(5-2-3-10-34)14-24(31)28(23)33;1-2/h6-9,13-15,17,26,36H,2-5,10-12,16,18,34H2,1H3,(H2,35,37)(H,38,39,41);1-2H2. The van der Waals surface area contributed by atoms with Crippen LogP contribution in [0.15, 0.2) is 71.6 Å². The zero-order valence-electron chi connectivity index (χ0n) is 24.9. The number of aryl methyl sites for hydroxylation is 1. The molecule has 1 unspecified atom stereocenters. The van der Waals surface area contributed by atoms with Crippen LogP contribution in [0.25, 0.3) is 28.0 Å². The Hall–Kier alpha value is -3.90. The van der Waals surface area contributed by atoms with Crippen molar-refractivity contribution in [3.8, 4) is 16.9 Å². The number of hydrogen-bond acceptors (Lipinski definition) is 6.